The predicted octanol–water partition coefficient (Wildman–Crippen LogP) is 1.44. The third-order valence-corrected chi connectivity index (χ3v) is 2.87. The van der Waals surface area contributed by atoms with Crippen LogP contribution in [0, 0.1) is 5.41 Å². The summed E-state index contributed by atoms with van der Waals surface area (Å²) in [5.41, 5.74) is 7.21. The molecule has 1 aromatic carbocycles. The van der Waals surface area contributed by atoms with E-state index in [2.05, 4.69) is 22.1 Å². The Morgan fingerprint density at radius 1 is 1.21 bits per heavy atom. The number of hydrogen-bond donors (Lipinski definition) is 2. The third-order valence-electron chi connectivity index (χ3n) is 2.87. The highest BCUT2D eigenvalue weighted by Crippen LogP contribution is 2.13. The Bertz CT molecular complexity index is 553. The number of nitrogen functional groups attached to an aromatic ring is 1. The molecule has 0 spiro atoms. The number of amidine groups is 1. The van der Waals surface area contributed by atoms with Gasteiger partial charge in [0, 0.05) is 26.0 Å². The van der Waals surface area contributed by atoms with Gasteiger partial charge < -0.3 is 10.6 Å². The zero-order chi connectivity index (χ0) is 13.7. The van der Waals surface area contributed by atoms with E-state index in [1.54, 1.807) is 12.4 Å². The molecule has 5 heteroatoms. The Morgan fingerprint density at radius 2 is 1.89 bits per heavy atom. The van der Waals surface area contributed by atoms with Crippen molar-refractivity contribution in [2.24, 2.45) is 5.73 Å². The molecule has 0 atom stereocenters. The highest BCUT2D eigenvalue weighted by atomic mass is 15.2. The van der Waals surface area contributed by atoms with Crippen LogP contribution in [0.1, 0.15) is 11.3 Å². The number of benzene rings is 1. The largest absolute Gasteiger partial charge is 0.382 e. The molecule has 98 valence electrons. The smallest absolute Gasteiger partial charge is 0.158 e. The standard InChI is InChI=1S/C14H17N5/c1-19(10-7-11-5-3-2-4-6-11)14-12(13(15)16)17-8-9-18-14/h2-6,8-9H,7,10H2,1H3,(H3,15,16). The van der Waals surface area contributed by atoms with Gasteiger partial charge in [-0.25, -0.2) is 9.97 Å². The summed E-state index contributed by atoms with van der Waals surface area (Å²) in [4.78, 5) is 10.3. The lowest BCUT2D eigenvalue weighted by Gasteiger charge is -2.19. The van der Waals surface area contributed by atoms with Gasteiger partial charge in [-0.3, -0.25) is 5.41 Å². The van der Waals surface area contributed by atoms with Gasteiger partial charge in [0.2, 0.25) is 0 Å². The fraction of sp³-hybridized carbons (Fsp3) is 0.214. The first-order valence-electron chi connectivity index (χ1n) is 6.09. The summed E-state index contributed by atoms with van der Waals surface area (Å²) in [7, 11) is 1.93. The van der Waals surface area contributed by atoms with E-state index in [0.29, 0.717) is 11.5 Å². The van der Waals surface area contributed by atoms with Gasteiger partial charge in [-0.05, 0) is 12.0 Å². The van der Waals surface area contributed by atoms with Crippen molar-refractivity contribution in [3.63, 3.8) is 0 Å². The Balaban J connectivity index is 2.08. The molecule has 1 heterocycles. The summed E-state index contributed by atoms with van der Waals surface area (Å²) >= 11 is 0. The first-order valence-corrected chi connectivity index (χ1v) is 6.09. The molecular formula is C14H17N5. The average molecular weight is 255 g/mol. The SMILES string of the molecule is CN(CCc1ccccc1)c1nccnc1C(=N)N. The van der Waals surface area contributed by atoms with Crippen molar-refractivity contribution >= 4 is 11.7 Å². The van der Waals surface area contributed by atoms with E-state index in [4.69, 9.17) is 11.1 Å². The molecule has 0 bridgehead atoms. The summed E-state index contributed by atoms with van der Waals surface area (Å²) in [5, 5.41) is 7.51. The normalized spacial score (nSPS) is 10.2. The van der Waals surface area contributed by atoms with Crippen LogP contribution in [0.25, 0.3) is 0 Å². The van der Waals surface area contributed by atoms with E-state index in [-0.39, 0.29) is 5.84 Å². The van der Waals surface area contributed by atoms with E-state index >= 15 is 0 Å². The molecule has 0 unspecified atom stereocenters. The number of nitrogens with zero attached hydrogens (tertiary/aromatic N) is 3. The quantitative estimate of drug-likeness (QED) is 0.626. The van der Waals surface area contributed by atoms with Crippen molar-refractivity contribution < 1.29 is 0 Å². The van der Waals surface area contributed by atoms with Crippen molar-refractivity contribution in [1.82, 2.24) is 9.97 Å². The zero-order valence-electron chi connectivity index (χ0n) is 10.9. The molecule has 0 amide bonds. The molecule has 0 aliphatic rings. The van der Waals surface area contributed by atoms with Gasteiger partial charge in [0.15, 0.2) is 5.82 Å². The number of nitrogens with two attached hydrogens (primary N) is 1. The maximum Gasteiger partial charge on any atom is 0.158 e. The Morgan fingerprint density at radius 3 is 2.58 bits per heavy atom. The van der Waals surface area contributed by atoms with Crippen molar-refractivity contribution in [1.29, 1.82) is 5.41 Å². The lowest BCUT2D eigenvalue weighted by molar-refractivity contribution is 0.852. The minimum atomic E-state index is -0.0605. The van der Waals surface area contributed by atoms with Crippen molar-refractivity contribution in [3.8, 4) is 0 Å². The molecule has 19 heavy (non-hydrogen) atoms. The van der Waals surface area contributed by atoms with Crippen LogP contribution in [0.15, 0.2) is 42.7 Å². The summed E-state index contributed by atoms with van der Waals surface area (Å²) in [5.74, 6) is 0.584. The molecule has 0 radical (unpaired) electrons. The van der Waals surface area contributed by atoms with E-state index in [1.165, 1.54) is 5.56 Å². The fourth-order valence-corrected chi connectivity index (χ4v) is 1.85. The van der Waals surface area contributed by atoms with Gasteiger partial charge in [0.25, 0.3) is 0 Å². The lowest BCUT2D eigenvalue weighted by Crippen LogP contribution is -2.26. The zero-order valence-corrected chi connectivity index (χ0v) is 10.9. The second-order valence-corrected chi connectivity index (χ2v) is 4.30. The number of aromatic nitrogens is 2. The van der Waals surface area contributed by atoms with Gasteiger partial charge in [0.05, 0.1) is 0 Å². The Kier molecular flexibility index (Phi) is 4.07. The molecule has 5 nitrogen and oxygen atoms in total. The first kappa shape index (κ1) is 13.0. The molecule has 3 N–H and O–H groups in total. The van der Waals surface area contributed by atoms with Crippen molar-refractivity contribution in [2.45, 2.75) is 6.42 Å². The molecule has 2 rings (SSSR count). The summed E-state index contributed by atoms with van der Waals surface area (Å²) in [6, 6.07) is 10.2. The van der Waals surface area contributed by atoms with E-state index < -0.39 is 0 Å². The molecule has 0 fully saturated rings. The topological polar surface area (TPSA) is 78.9 Å². The highest BCUT2D eigenvalue weighted by Gasteiger charge is 2.12. The average Bonchev–Trinajstić information content (AvgIpc) is 2.46. The van der Waals surface area contributed by atoms with Gasteiger partial charge in [-0.15, -0.1) is 0 Å². The second-order valence-electron chi connectivity index (χ2n) is 4.30. The first-order chi connectivity index (χ1) is 9.18. The van der Waals surface area contributed by atoms with Crippen LogP contribution in [0.4, 0.5) is 5.82 Å². The van der Waals surface area contributed by atoms with E-state index in [0.717, 1.165) is 13.0 Å². The number of likely N-dealkylation sites (N-methyl/N-ethyl adjacent to an activating group) is 1. The van der Waals surface area contributed by atoms with Crippen molar-refractivity contribution in [3.05, 3.63) is 54.0 Å². The highest BCUT2D eigenvalue weighted by molar-refractivity contribution is 5.97. The molecule has 0 aliphatic heterocycles. The molecular weight excluding hydrogens is 238 g/mol. The van der Waals surface area contributed by atoms with E-state index in [1.807, 2.05) is 30.1 Å². The lowest BCUT2D eigenvalue weighted by atomic mass is 10.1. The Labute approximate surface area is 112 Å². The minimum Gasteiger partial charge on any atom is -0.382 e. The number of anilines is 1. The predicted molar refractivity (Wildman–Crippen MR) is 76.5 cm³/mol. The molecule has 0 saturated carbocycles. The fourth-order valence-electron chi connectivity index (χ4n) is 1.85. The van der Waals surface area contributed by atoms with Crippen molar-refractivity contribution in [2.75, 3.05) is 18.5 Å². The van der Waals surface area contributed by atoms with E-state index in [9.17, 15) is 0 Å². The maximum atomic E-state index is 7.51. The van der Waals surface area contributed by atoms with Crippen LogP contribution < -0.4 is 10.6 Å². The number of rotatable bonds is 5. The summed E-state index contributed by atoms with van der Waals surface area (Å²) < 4.78 is 0. The minimum absolute atomic E-state index is 0.0605. The van der Waals surface area contributed by atoms with Crippen LogP contribution in [0.5, 0.6) is 0 Å². The summed E-state index contributed by atoms with van der Waals surface area (Å²) in [6.07, 6.45) is 4.07. The van der Waals surface area contributed by atoms with Gasteiger partial charge >= 0.3 is 0 Å². The monoisotopic (exact) mass is 255 g/mol. The summed E-state index contributed by atoms with van der Waals surface area (Å²) in [6.45, 7) is 0.795. The molecule has 1 aromatic heterocycles. The maximum absolute atomic E-state index is 7.51. The number of hydrogen-bond acceptors (Lipinski definition) is 4. The molecule has 2 aromatic rings. The second kappa shape index (κ2) is 5.95. The third kappa shape index (κ3) is 3.28. The van der Waals surface area contributed by atoms with Crippen LogP contribution in [-0.2, 0) is 6.42 Å². The van der Waals surface area contributed by atoms with Gasteiger partial charge in [-0.1, -0.05) is 30.3 Å². The van der Waals surface area contributed by atoms with Gasteiger partial charge in [0.1, 0.15) is 11.5 Å². The Hall–Kier alpha value is -2.43. The molecule has 0 saturated heterocycles. The van der Waals surface area contributed by atoms with Crippen LogP contribution in [0.2, 0.25) is 0 Å². The number of nitrogens with one attached hydrogen (secondary N) is 1. The van der Waals surface area contributed by atoms with Gasteiger partial charge in [-0.2, -0.15) is 0 Å². The van der Waals surface area contributed by atoms with Crippen LogP contribution in [0.3, 0.4) is 0 Å². The van der Waals surface area contributed by atoms with Crippen LogP contribution >= 0.6 is 0 Å². The van der Waals surface area contributed by atoms with Crippen LogP contribution in [-0.4, -0.2) is 29.4 Å². The molecule has 0 aliphatic carbocycles.